The molecule has 0 saturated carbocycles. The summed E-state index contributed by atoms with van der Waals surface area (Å²) in [5.74, 6) is -2.22. The zero-order chi connectivity index (χ0) is 19.0. The highest BCUT2D eigenvalue weighted by Crippen LogP contribution is 2.17. The van der Waals surface area contributed by atoms with Gasteiger partial charge in [0.05, 0.1) is 5.88 Å². The van der Waals surface area contributed by atoms with E-state index < -0.39 is 17.3 Å². The van der Waals surface area contributed by atoms with Crippen LogP contribution in [0.25, 0.3) is 0 Å². The number of nitrogens with two attached hydrogens (primary N) is 1. The third-order valence-electron chi connectivity index (χ3n) is 4.93. The Morgan fingerprint density at radius 3 is 1.48 bits per heavy atom. The minimum absolute atomic E-state index is 0.173. The van der Waals surface area contributed by atoms with Crippen molar-refractivity contribution >= 4 is 23.4 Å². The topological polar surface area (TPSA) is 80.4 Å². The predicted molar refractivity (Wildman–Crippen MR) is 105 cm³/mol. The number of carbonyl (C=O) groups excluding carboxylic acids is 1. The maximum absolute atomic E-state index is 11.6. The van der Waals surface area contributed by atoms with Gasteiger partial charge in [-0.25, -0.2) is 4.79 Å². The van der Waals surface area contributed by atoms with E-state index in [-0.39, 0.29) is 12.3 Å². The fourth-order valence-corrected chi connectivity index (χ4v) is 3.32. The maximum Gasteiger partial charge on any atom is 0.331 e. The molecule has 0 rings (SSSR count). The number of unbranched alkanes of at least 4 members (excludes halogenated alkanes) is 13. The van der Waals surface area contributed by atoms with Crippen LogP contribution in [0.2, 0.25) is 0 Å². The molecule has 0 amide bonds. The number of aliphatic carboxylic acids is 1. The van der Waals surface area contributed by atoms with Crippen LogP contribution >= 0.6 is 11.6 Å². The molecule has 0 saturated heterocycles. The van der Waals surface area contributed by atoms with Crippen LogP contribution in [0.4, 0.5) is 0 Å². The average Bonchev–Trinajstić information content (AvgIpc) is 2.60. The van der Waals surface area contributed by atoms with Gasteiger partial charge in [-0.3, -0.25) is 4.79 Å². The molecule has 5 heteroatoms. The summed E-state index contributed by atoms with van der Waals surface area (Å²) in [4.78, 5) is 22.8. The Balaban J connectivity index is 3.49. The molecule has 4 nitrogen and oxygen atoms in total. The Bertz CT molecular complexity index is 363. The zero-order valence-electron chi connectivity index (χ0n) is 16.0. The van der Waals surface area contributed by atoms with E-state index in [1.807, 2.05) is 0 Å². The second-order valence-corrected chi connectivity index (χ2v) is 7.45. The van der Waals surface area contributed by atoms with Gasteiger partial charge in [-0.05, 0) is 6.42 Å². The molecule has 0 aliphatic heterocycles. The standard InChI is InChI=1S/C20H38ClNO3/c1-2-3-4-5-6-7-8-9-10-11-12-13-14-15-16-20(22,19(24)25)18(23)17-21/h2-17,22H2,1H3,(H,24,25). The van der Waals surface area contributed by atoms with Crippen molar-refractivity contribution in [3.8, 4) is 0 Å². The minimum Gasteiger partial charge on any atom is -0.480 e. The lowest BCUT2D eigenvalue weighted by Crippen LogP contribution is -2.55. The summed E-state index contributed by atoms with van der Waals surface area (Å²) >= 11 is 5.45. The molecule has 0 bridgehead atoms. The number of rotatable bonds is 18. The third-order valence-corrected chi connectivity index (χ3v) is 5.17. The van der Waals surface area contributed by atoms with Gasteiger partial charge in [0.15, 0.2) is 11.3 Å². The summed E-state index contributed by atoms with van der Waals surface area (Å²) in [6.45, 7) is 2.25. The Morgan fingerprint density at radius 2 is 1.16 bits per heavy atom. The van der Waals surface area contributed by atoms with Crippen molar-refractivity contribution < 1.29 is 14.7 Å². The molecule has 1 atom stereocenters. The van der Waals surface area contributed by atoms with Gasteiger partial charge in [0.2, 0.25) is 0 Å². The summed E-state index contributed by atoms with van der Waals surface area (Å²) in [5.41, 5.74) is 3.90. The van der Waals surface area contributed by atoms with Crippen LogP contribution in [-0.4, -0.2) is 28.3 Å². The first-order valence-corrected chi connectivity index (χ1v) is 10.6. The molecule has 0 aromatic rings. The number of halogens is 1. The lowest BCUT2D eigenvalue weighted by atomic mass is 9.89. The summed E-state index contributed by atoms with van der Waals surface area (Å²) in [5, 5.41) is 9.13. The van der Waals surface area contributed by atoms with Gasteiger partial charge in [-0.15, -0.1) is 11.6 Å². The Kier molecular flexibility index (Phi) is 15.2. The van der Waals surface area contributed by atoms with Crippen LogP contribution in [-0.2, 0) is 9.59 Å². The Hall–Kier alpha value is -0.610. The molecule has 148 valence electrons. The van der Waals surface area contributed by atoms with E-state index in [1.165, 1.54) is 70.6 Å². The van der Waals surface area contributed by atoms with Crippen LogP contribution in [0.5, 0.6) is 0 Å². The third kappa shape index (κ3) is 11.6. The number of hydrogen-bond acceptors (Lipinski definition) is 3. The second kappa shape index (κ2) is 15.6. The minimum atomic E-state index is -1.81. The molecule has 0 aliphatic carbocycles. The van der Waals surface area contributed by atoms with Crippen LogP contribution in [0.1, 0.15) is 103 Å². The van der Waals surface area contributed by atoms with E-state index in [0.717, 1.165) is 12.8 Å². The highest BCUT2D eigenvalue weighted by molar-refractivity contribution is 6.31. The molecular weight excluding hydrogens is 338 g/mol. The molecule has 25 heavy (non-hydrogen) atoms. The maximum atomic E-state index is 11.6. The van der Waals surface area contributed by atoms with Gasteiger partial charge >= 0.3 is 5.97 Å². The normalized spacial score (nSPS) is 13.6. The first-order chi connectivity index (χ1) is 12.0. The molecule has 1 unspecified atom stereocenters. The number of ketones is 1. The lowest BCUT2D eigenvalue weighted by Gasteiger charge is -2.21. The van der Waals surface area contributed by atoms with Crippen molar-refractivity contribution in [1.29, 1.82) is 0 Å². The van der Waals surface area contributed by atoms with Gasteiger partial charge in [0, 0.05) is 0 Å². The van der Waals surface area contributed by atoms with Crippen molar-refractivity contribution in [3.05, 3.63) is 0 Å². The lowest BCUT2D eigenvalue weighted by molar-refractivity contribution is -0.148. The van der Waals surface area contributed by atoms with Gasteiger partial charge in [0.25, 0.3) is 0 Å². The molecule has 0 aromatic carbocycles. The van der Waals surface area contributed by atoms with Crippen molar-refractivity contribution in [2.45, 2.75) is 109 Å². The number of carbonyl (C=O) groups is 2. The molecule has 3 N–H and O–H groups in total. The summed E-state index contributed by atoms with van der Waals surface area (Å²) in [6, 6.07) is 0. The molecular formula is C20H38ClNO3. The summed E-state index contributed by atoms with van der Waals surface area (Å²) < 4.78 is 0. The van der Waals surface area contributed by atoms with Gasteiger partial charge in [-0.1, -0.05) is 96.8 Å². The molecule has 0 aromatic heterocycles. The first-order valence-electron chi connectivity index (χ1n) is 10.1. The predicted octanol–water partition coefficient (Wildman–Crippen LogP) is 5.45. The molecule has 0 aliphatic rings. The molecule has 0 radical (unpaired) electrons. The number of carboxylic acid groups (broad SMARTS) is 1. The van der Waals surface area contributed by atoms with E-state index in [1.54, 1.807) is 0 Å². The average molecular weight is 376 g/mol. The molecule has 0 spiro atoms. The van der Waals surface area contributed by atoms with Crippen molar-refractivity contribution in [2.24, 2.45) is 5.73 Å². The van der Waals surface area contributed by atoms with Crippen molar-refractivity contribution in [3.63, 3.8) is 0 Å². The van der Waals surface area contributed by atoms with Crippen LogP contribution < -0.4 is 5.73 Å². The van der Waals surface area contributed by atoms with E-state index in [9.17, 15) is 9.59 Å². The van der Waals surface area contributed by atoms with Crippen LogP contribution in [0.3, 0.4) is 0 Å². The summed E-state index contributed by atoms with van der Waals surface area (Å²) in [7, 11) is 0. The van der Waals surface area contributed by atoms with E-state index in [2.05, 4.69) is 6.92 Å². The largest absolute Gasteiger partial charge is 0.480 e. The fourth-order valence-electron chi connectivity index (χ4n) is 3.08. The fraction of sp³-hybridized carbons (Fsp3) is 0.900. The van der Waals surface area contributed by atoms with Crippen LogP contribution in [0, 0.1) is 0 Å². The quantitative estimate of drug-likeness (QED) is 0.189. The van der Waals surface area contributed by atoms with E-state index in [4.69, 9.17) is 22.4 Å². The number of carboxylic acids is 1. The van der Waals surface area contributed by atoms with E-state index >= 15 is 0 Å². The van der Waals surface area contributed by atoms with Gasteiger partial charge in [0.1, 0.15) is 0 Å². The SMILES string of the molecule is CCCCCCCCCCCCCCCCC(N)(C(=O)O)C(=O)CCl. The Labute approximate surface area is 158 Å². The summed E-state index contributed by atoms with van der Waals surface area (Å²) in [6.07, 6.45) is 17.4. The van der Waals surface area contributed by atoms with Crippen LogP contribution in [0.15, 0.2) is 0 Å². The molecule has 0 heterocycles. The second-order valence-electron chi connectivity index (χ2n) is 7.18. The number of alkyl halides is 1. The van der Waals surface area contributed by atoms with E-state index in [0.29, 0.717) is 6.42 Å². The monoisotopic (exact) mass is 375 g/mol. The van der Waals surface area contributed by atoms with Crippen molar-refractivity contribution in [1.82, 2.24) is 0 Å². The number of hydrogen-bond donors (Lipinski definition) is 2. The highest BCUT2D eigenvalue weighted by atomic mass is 35.5. The zero-order valence-corrected chi connectivity index (χ0v) is 16.8. The molecule has 0 fully saturated rings. The Morgan fingerprint density at radius 1 is 0.800 bits per heavy atom. The van der Waals surface area contributed by atoms with Gasteiger partial charge < -0.3 is 10.8 Å². The van der Waals surface area contributed by atoms with Gasteiger partial charge in [-0.2, -0.15) is 0 Å². The smallest absolute Gasteiger partial charge is 0.331 e. The number of Topliss-reactive ketones (excluding diaryl/α,β-unsaturated/α-hetero) is 1. The van der Waals surface area contributed by atoms with Crippen molar-refractivity contribution in [2.75, 3.05) is 5.88 Å². The highest BCUT2D eigenvalue weighted by Gasteiger charge is 2.40. The first kappa shape index (κ1) is 24.4.